The summed E-state index contributed by atoms with van der Waals surface area (Å²) in [5.41, 5.74) is 1.40. The van der Waals surface area contributed by atoms with Gasteiger partial charge in [-0.25, -0.2) is 0 Å². The van der Waals surface area contributed by atoms with E-state index in [0.717, 1.165) is 24.6 Å². The van der Waals surface area contributed by atoms with Crippen LogP contribution in [0.3, 0.4) is 0 Å². The van der Waals surface area contributed by atoms with E-state index in [1.54, 1.807) is 0 Å². The molecule has 1 aromatic carbocycles. The molecule has 0 spiro atoms. The summed E-state index contributed by atoms with van der Waals surface area (Å²) in [4.78, 5) is 2.42. The average molecular weight is 284 g/mol. The zero-order valence-corrected chi connectivity index (χ0v) is 13.7. The van der Waals surface area contributed by atoms with Crippen molar-refractivity contribution in [1.29, 1.82) is 0 Å². The number of benzene rings is 1. The third-order valence-corrected chi connectivity index (χ3v) is 4.69. The van der Waals surface area contributed by atoms with Crippen LogP contribution in [0.1, 0.15) is 38.2 Å². The Labute approximate surface area is 129 Å². The van der Waals surface area contributed by atoms with Gasteiger partial charge >= 0.3 is 0 Å². The van der Waals surface area contributed by atoms with Crippen LogP contribution in [0.25, 0.3) is 0 Å². The molecule has 2 rings (SSSR count). The molecule has 0 aromatic heterocycles. The van der Waals surface area contributed by atoms with Crippen LogP contribution in [0.2, 0.25) is 0 Å². The Morgan fingerprint density at radius 1 is 1.29 bits per heavy atom. The van der Waals surface area contributed by atoms with E-state index in [-0.39, 0.29) is 0 Å². The lowest BCUT2D eigenvalue weighted by molar-refractivity contribution is 0.0764. The monoisotopic (exact) mass is 284 g/mol. The minimum atomic E-state index is 0.312. The standard InChI is InChI=1S/C19H28N2/c1-17-9-7-13-19(15-17,21(2)3)16-20-14-8-12-18-10-5-4-6-11-18/h4-6,10-11,17,20H,7,9,13-16H2,1-3H3. The molecule has 0 radical (unpaired) electrons. The Balaban J connectivity index is 1.85. The molecule has 1 aromatic rings. The van der Waals surface area contributed by atoms with Crippen molar-refractivity contribution in [3.05, 3.63) is 35.9 Å². The number of hydrogen-bond donors (Lipinski definition) is 1. The van der Waals surface area contributed by atoms with Gasteiger partial charge in [-0.3, -0.25) is 0 Å². The van der Waals surface area contributed by atoms with Gasteiger partial charge in [-0.05, 0) is 45.0 Å². The molecule has 2 atom stereocenters. The molecule has 1 aliphatic rings. The van der Waals surface area contributed by atoms with E-state index in [1.807, 2.05) is 18.2 Å². The molecule has 0 bridgehead atoms. The highest BCUT2D eigenvalue weighted by Crippen LogP contribution is 2.35. The number of rotatable bonds is 4. The van der Waals surface area contributed by atoms with Crippen molar-refractivity contribution in [3.8, 4) is 11.8 Å². The summed E-state index contributed by atoms with van der Waals surface area (Å²) in [6.07, 6.45) is 5.31. The predicted molar refractivity (Wildman–Crippen MR) is 90.2 cm³/mol. The van der Waals surface area contributed by atoms with Gasteiger partial charge in [-0.2, -0.15) is 0 Å². The van der Waals surface area contributed by atoms with Crippen LogP contribution in [-0.4, -0.2) is 37.6 Å². The van der Waals surface area contributed by atoms with E-state index in [1.165, 1.54) is 25.7 Å². The maximum absolute atomic E-state index is 3.55. The van der Waals surface area contributed by atoms with Gasteiger partial charge in [0.1, 0.15) is 0 Å². The fourth-order valence-electron chi connectivity index (χ4n) is 3.38. The van der Waals surface area contributed by atoms with Gasteiger partial charge in [-0.15, -0.1) is 0 Å². The van der Waals surface area contributed by atoms with Gasteiger partial charge in [-0.1, -0.05) is 49.8 Å². The fraction of sp³-hybridized carbons (Fsp3) is 0.579. The van der Waals surface area contributed by atoms with Crippen molar-refractivity contribution in [3.63, 3.8) is 0 Å². The fourth-order valence-corrected chi connectivity index (χ4v) is 3.38. The maximum atomic E-state index is 3.55. The van der Waals surface area contributed by atoms with E-state index >= 15 is 0 Å². The smallest absolute Gasteiger partial charge is 0.0580 e. The molecule has 1 N–H and O–H groups in total. The van der Waals surface area contributed by atoms with E-state index in [0.29, 0.717) is 5.54 Å². The minimum Gasteiger partial charge on any atom is -0.304 e. The molecule has 21 heavy (non-hydrogen) atoms. The van der Waals surface area contributed by atoms with E-state index in [9.17, 15) is 0 Å². The highest BCUT2D eigenvalue weighted by molar-refractivity contribution is 5.33. The SMILES string of the molecule is CC1CCCC(CNCC#Cc2ccccc2)(N(C)C)C1. The Morgan fingerprint density at radius 2 is 2.05 bits per heavy atom. The van der Waals surface area contributed by atoms with Crippen molar-refractivity contribution < 1.29 is 0 Å². The molecule has 0 saturated heterocycles. The highest BCUT2D eigenvalue weighted by Gasteiger charge is 2.36. The van der Waals surface area contributed by atoms with Crippen LogP contribution < -0.4 is 5.32 Å². The second-order valence-electron chi connectivity index (χ2n) is 6.59. The number of hydrogen-bond acceptors (Lipinski definition) is 2. The number of likely N-dealkylation sites (N-methyl/N-ethyl adjacent to an activating group) is 1. The summed E-state index contributed by atoms with van der Waals surface area (Å²) in [5.74, 6) is 7.27. The number of nitrogens with zero attached hydrogens (tertiary/aromatic N) is 1. The summed E-state index contributed by atoms with van der Waals surface area (Å²) in [5, 5.41) is 3.55. The van der Waals surface area contributed by atoms with Gasteiger partial charge in [0.05, 0.1) is 6.54 Å². The molecule has 2 heteroatoms. The summed E-state index contributed by atoms with van der Waals surface area (Å²) < 4.78 is 0. The second kappa shape index (κ2) is 7.64. The number of nitrogens with one attached hydrogen (secondary N) is 1. The third-order valence-electron chi connectivity index (χ3n) is 4.69. The van der Waals surface area contributed by atoms with E-state index < -0.39 is 0 Å². The van der Waals surface area contributed by atoms with Crippen LogP contribution in [0, 0.1) is 17.8 Å². The Morgan fingerprint density at radius 3 is 2.71 bits per heavy atom. The summed E-state index contributed by atoms with van der Waals surface area (Å²) >= 11 is 0. The first-order valence-electron chi connectivity index (χ1n) is 8.04. The topological polar surface area (TPSA) is 15.3 Å². The minimum absolute atomic E-state index is 0.312. The lowest BCUT2D eigenvalue weighted by Crippen LogP contribution is -2.54. The van der Waals surface area contributed by atoms with Crippen molar-refractivity contribution in [1.82, 2.24) is 10.2 Å². The summed E-state index contributed by atoms with van der Waals surface area (Å²) in [7, 11) is 4.44. The zero-order valence-electron chi connectivity index (χ0n) is 13.7. The van der Waals surface area contributed by atoms with Crippen LogP contribution in [0.4, 0.5) is 0 Å². The molecule has 1 aliphatic carbocycles. The van der Waals surface area contributed by atoms with Gasteiger partial charge in [0.2, 0.25) is 0 Å². The molecule has 1 saturated carbocycles. The van der Waals surface area contributed by atoms with Crippen LogP contribution in [-0.2, 0) is 0 Å². The molecule has 2 unspecified atom stereocenters. The highest BCUT2D eigenvalue weighted by atomic mass is 15.2. The molecule has 0 heterocycles. The molecule has 0 aliphatic heterocycles. The van der Waals surface area contributed by atoms with Crippen molar-refractivity contribution in [2.45, 2.75) is 38.1 Å². The normalized spacial score (nSPS) is 25.4. The van der Waals surface area contributed by atoms with E-state index in [2.05, 4.69) is 55.2 Å². The first kappa shape index (κ1) is 16.1. The van der Waals surface area contributed by atoms with E-state index in [4.69, 9.17) is 0 Å². The Hall–Kier alpha value is -1.30. The first-order valence-corrected chi connectivity index (χ1v) is 8.04. The largest absolute Gasteiger partial charge is 0.304 e. The summed E-state index contributed by atoms with van der Waals surface area (Å²) in [6.45, 7) is 4.18. The van der Waals surface area contributed by atoms with Crippen molar-refractivity contribution >= 4 is 0 Å². The van der Waals surface area contributed by atoms with Crippen LogP contribution in [0.15, 0.2) is 30.3 Å². The maximum Gasteiger partial charge on any atom is 0.0580 e. The molecule has 1 fully saturated rings. The molecular weight excluding hydrogens is 256 g/mol. The second-order valence-corrected chi connectivity index (χ2v) is 6.59. The molecule has 114 valence electrons. The van der Waals surface area contributed by atoms with Crippen LogP contribution in [0.5, 0.6) is 0 Å². The molecule has 0 amide bonds. The van der Waals surface area contributed by atoms with Gasteiger partial charge in [0, 0.05) is 17.6 Å². The molecule has 2 nitrogen and oxygen atoms in total. The lowest BCUT2D eigenvalue weighted by Gasteiger charge is -2.45. The third kappa shape index (κ3) is 4.59. The molecular formula is C19H28N2. The van der Waals surface area contributed by atoms with Gasteiger partial charge < -0.3 is 10.2 Å². The summed E-state index contributed by atoms with van der Waals surface area (Å²) in [6, 6.07) is 10.2. The zero-order chi connectivity index (χ0) is 15.1. The Bertz CT molecular complexity index is 483. The van der Waals surface area contributed by atoms with Crippen molar-refractivity contribution in [2.75, 3.05) is 27.2 Å². The van der Waals surface area contributed by atoms with Gasteiger partial charge in [0.15, 0.2) is 0 Å². The van der Waals surface area contributed by atoms with Crippen molar-refractivity contribution in [2.24, 2.45) is 5.92 Å². The predicted octanol–water partition coefficient (Wildman–Crippen LogP) is 3.14. The van der Waals surface area contributed by atoms with Gasteiger partial charge in [0.25, 0.3) is 0 Å². The lowest BCUT2D eigenvalue weighted by atomic mass is 9.75. The Kier molecular flexibility index (Phi) is 5.85. The quantitative estimate of drug-likeness (QED) is 0.675. The average Bonchev–Trinajstić information content (AvgIpc) is 2.48. The first-order chi connectivity index (χ1) is 10.1. The van der Waals surface area contributed by atoms with Crippen LogP contribution >= 0.6 is 0 Å².